The zero-order chi connectivity index (χ0) is 40.5. The third kappa shape index (κ3) is 8.61. The van der Waals surface area contributed by atoms with Crippen molar-refractivity contribution in [2.24, 2.45) is 5.92 Å². The van der Waals surface area contributed by atoms with Gasteiger partial charge in [0.25, 0.3) is 0 Å². The largest absolute Gasteiger partial charge is 0.519 e. The standard InChI is InChI=1S/C43H41N2O10PS/c1-4-24-51-41(48)40(56(32-14-8-5-9-15-32,33-16-10-6-11-17-33)34-18-12-7-13-19-34)45-35(38(39(45)47)29(3)55-57)25-36(46)31-22-20-30(21-23-31)26-44-42(49)52-27-37-28(2)53-43(50)54-37/h4-23,29,35,38,57H,1,24-27H2,2-3H3,(H,44,49)/t29-,35-,38-/m1/s1. The summed E-state index contributed by atoms with van der Waals surface area (Å²) >= 11 is 4.05. The van der Waals surface area contributed by atoms with Crippen LogP contribution in [0.4, 0.5) is 4.79 Å². The second-order valence-corrected chi connectivity index (χ2v) is 16.7. The number of ether oxygens (including phenoxy) is 2. The fraction of sp³-hybridized carbons (Fsp3) is 0.209. The number of aryl methyl sites for hydroxylation is 1. The van der Waals surface area contributed by atoms with E-state index in [0.29, 0.717) is 11.1 Å². The molecule has 6 rings (SSSR count). The van der Waals surface area contributed by atoms with E-state index in [0.717, 1.165) is 15.9 Å². The van der Waals surface area contributed by atoms with Crippen LogP contribution in [0, 0.1) is 12.8 Å². The minimum absolute atomic E-state index is 0.0841. The second-order valence-electron chi connectivity index (χ2n) is 13.2. The lowest BCUT2D eigenvalue weighted by Crippen LogP contribution is -2.68. The van der Waals surface area contributed by atoms with Crippen LogP contribution in [0.1, 0.15) is 40.8 Å². The Morgan fingerprint density at radius 1 is 0.860 bits per heavy atom. The molecule has 0 unspecified atom stereocenters. The molecule has 5 aromatic rings. The summed E-state index contributed by atoms with van der Waals surface area (Å²) in [7, 11) is 0. The first-order valence-electron chi connectivity index (χ1n) is 18.1. The molecule has 2 heterocycles. The van der Waals surface area contributed by atoms with Gasteiger partial charge < -0.3 is 32.7 Å². The van der Waals surface area contributed by atoms with Crippen molar-refractivity contribution in [3.8, 4) is 0 Å². The zero-order valence-corrected chi connectivity index (χ0v) is 33.0. The molecular formula is C43H41N2O10PS. The third-order valence-corrected chi connectivity index (χ3v) is 14.3. The molecule has 0 spiro atoms. The summed E-state index contributed by atoms with van der Waals surface area (Å²) in [5, 5.41) is 5.04. The minimum atomic E-state index is -3.21. The van der Waals surface area contributed by atoms with Gasteiger partial charge in [-0.25, -0.2) is 14.4 Å². The Kier molecular flexibility index (Phi) is 13.1. The first kappa shape index (κ1) is 40.8. The number of carbonyl (C=O) groups is 4. The fourth-order valence-electron chi connectivity index (χ4n) is 6.97. The van der Waals surface area contributed by atoms with E-state index >= 15 is 0 Å². The van der Waals surface area contributed by atoms with Crippen LogP contribution in [-0.4, -0.2) is 52.8 Å². The molecule has 1 aliphatic heterocycles. The summed E-state index contributed by atoms with van der Waals surface area (Å²) in [4.78, 5) is 68.4. The lowest BCUT2D eigenvalue weighted by Gasteiger charge is -2.51. The SMILES string of the molecule is C=CCOC(=O)C(N1C(=O)[C@H]([C@@H](C)OS)[C@H]1CC(=O)c1ccc(CNC(=O)OCc2oc(=O)oc2C)cc1)=P(c1ccccc1)(c1ccccc1)c1ccccc1. The Labute approximate surface area is 335 Å². The van der Waals surface area contributed by atoms with Crippen molar-refractivity contribution in [3.05, 3.63) is 161 Å². The molecule has 294 valence electrons. The van der Waals surface area contributed by atoms with Crippen LogP contribution in [0.5, 0.6) is 0 Å². The predicted molar refractivity (Wildman–Crippen MR) is 219 cm³/mol. The molecule has 57 heavy (non-hydrogen) atoms. The number of nitrogens with one attached hydrogen (secondary N) is 1. The molecule has 14 heteroatoms. The molecule has 0 aliphatic carbocycles. The maximum Gasteiger partial charge on any atom is 0.519 e. The monoisotopic (exact) mass is 808 g/mol. The topological polar surface area (TPSA) is 155 Å². The first-order valence-corrected chi connectivity index (χ1v) is 20.2. The number of thiol groups is 1. The molecule has 3 atom stereocenters. The number of amides is 2. The summed E-state index contributed by atoms with van der Waals surface area (Å²) in [6, 6.07) is 34.6. The number of alkyl carbamates (subject to hydrolysis) is 1. The highest BCUT2D eigenvalue weighted by Crippen LogP contribution is 2.50. The molecule has 1 N–H and O–H groups in total. The molecule has 0 bridgehead atoms. The van der Waals surface area contributed by atoms with Crippen molar-refractivity contribution in [1.29, 1.82) is 0 Å². The highest BCUT2D eigenvalue weighted by Gasteiger charge is 2.56. The zero-order valence-electron chi connectivity index (χ0n) is 31.2. The lowest BCUT2D eigenvalue weighted by molar-refractivity contribution is -0.155. The van der Waals surface area contributed by atoms with Crippen LogP contribution < -0.4 is 27.1 Å². The molecule has 12 nitrogen and oxygen atoms in total. The van der Waals surface area contributed by atoms with Gasteiger partial charge in [-0.2, -0.15) is 0 Å². The Morgan fingerprint density at radius 3 is 1.91 bits per heavy atom. The number of hydrogen-bond donors (Lipinski definition) is 2. The lowest BCUT2D eigenvalue weighted by atomic mass is 9.79. The van der Waals surface area contributed by atoms with Gasteiger partial charge in [0, 0.05) is 25.4 Å². The van der Waals surface area contributed by atoms with Crippen molar-refractivity contribution in [2.45, 2.75) is 45.6 Å². The number of Topliss-reactive ketones (excluding diaryl/α,β-unsaturated/α-hetero) is 1. The molecular weight excluding hydrogens is 768 g/mol. The molecule has 2 amide bonds. The number of likely N-dealkylation sites (tertiary alicyclic amines) is 1. The summed E-state index contributed by atoms with van der Waals surface area (Å²) in [5.41, 5.74) is 1.17. The summed E-state index contributed by atoms with van der Waals surface area (Å²) in [6.45, 7) is 3.44. The number of nitrogens with zero attached hydrogens (tertiary/aromatic N) is 1. The number of carbonyl (C=O) groups excluding carboxylic acids is 4. The Hall–Kier alpha value is -5.88. The van der Waals surface area contributed by atoms with E-state index in [1.54, 1.807) is 31.2 Å². The van der Waals surface area contributed by atoms with E-state index in [4.69, 9.17) is 22.5 Å². The molecule has 4 aromatic carbocycles. The highest BCUT2D eigenvalue weighted by atomic mass is 32.1. The normalized spacial score (nSPS) is 15.6. The molecule has 1 aliphatic rings. The van der Waals surface area contributed by atoms with Crippen LogP contribution in [0.2, 0.25) is 0 Å². The second kappa shape index (κ2) is 18.4. The number of rotatable bonds is 16. The summed E-state index contributed by atoms with van der Waals surface area (Å²) in [5.74, 6) is -2.77. The van der Waals surface area contributed by atoms with Crippen molar-refractivity contribution < 1.29 is 41.7 Å². The van der Waals surface area contributed by atoms with E-state index in [9.17, 15) is 24.0 Å². The smallest absolute Gasteiger partial charge is 0.457 e. The Bertz CT molecular complexity index is 2240. The van der Waals surface area contributed by atoms with Gasteiger partial charge in [-0.3, -0.25) is 9.59 Å². The van der Waals surface area contributed by atoms with Crippen LogP contribution in [0.3, 0.4) is 0 Å². The predicted octanol–water partition coefficient (Wildman–Crippen LogP) is 5.47. The number of hydrogen-bond acceptors (Lipinski definition) is 11. The van der Waals surface area contributed by atoms with Crippen molar-refractivity contribution in [1.82, 2.24) is 10.2 Å². The number of benzene rings is 4. The van der Waals surface area contributed by atoms with Gasteiger partial charge in [-0.15, -0.1) is 0 Å². The van der Waals surface area contributed by atoms with Gasteiger partial charge in [0.15, 0.2) is 23.9 Å². The van der Waals surface area contributed by atoms with Crippen molar-refractivity contribution in [3.63, 3.8) is 0 Å². The average molecular weight is 809 g/mol. The Balaban J connectivity index is 1.37. The van der Waals surface area contributed by atoms with E-state index in [1.807, 2.05) is 91.0 Å². The maximum absolute atomic E-state index is 14.7. The van der Waals surface area contributed by atoms with E-state index < -0.39 is 48.7 Å². The minimum Gasteiger partial charge on any atom is -0.457 e. The van der Waals surface area contributed by atoms with E-state index in [-0.39, 0.29) is 48.9 Å². The van der Waals surface area contributed by atoms with Gasteiger partial charge >= 0.3 is 17.9 Å². The van der Waals surface area contributed by atoms with Crippen LogP contribution in [0.25, 0.3) is 0 Å². The molecule has 1 saturated heterocycles. The van der Waals surface area contributed by atoms with Crippen LogP contribution in [0.15, 0.2) is 142 Å². The number of esters is 1. The molecule has 0 saturated carbocycles. The van der Waals surface area contributed by atoms with E-state index in [1.165, 1.54) is 17.9 Å². The summed E-state index contributed by atoms with van der Waals surface area (Å²) < 4.78 is 25.9. The number of ketones is 1. The molecule has 1 aromatic heterocycles. The van der Waals surface area contributed by atoms with Gasteiger partial charge in [-0.1, -0.05) is 128 Å². The van der Waals surface area contributed by atoms with E-state index in [2.05, 4.69) is 24.8 Å². The van der Waals surface area contributed by atoms with Crippen molar-refractivity contribution >= 4 is 64.9 Å². The fourth-order valence-corrected chi connectivity index (χ4v) is 11.5. The first-order chi connectivity index (χ1) is 27.6. The molecule has 1 fully saturated rings. The Morgan fingerprint density at radius 2 is 1.42 bits per heavy atom. The third-order valence-electron chi connectivity index (χ3n) is 9.71. The van der Waals surface area contributed by atoms with Gasteiger partial charge in [0.1, 0.15) is 12.0 Å². The average Bonchev–Trinajstić information content (AvgIpc) is 3.57. The number of β-lactam (4-membered cyclic amide) rings is 1. The van der Waals surface area contributed by atoms with Gasteiger partial charge in [-0.05, 0) is 48.2 Å². The summed E-state index contributed by atoms with van der Waals surface area (Å²) in [6.07, 6.45) is -0.145. The molecule has 0 radical (unpaired) electrons. The quantitative estimate of drug-likeness (QED) is 0.0250. The van der Waals surface area contributed by atoms with Gasteiger partial charge in [0.2, 0.25) is 5.91 Å². The van der Waals surface area contributed by atoms with Crippen molar-refractivity contribution in [2.75, 3.05) is 6.61 Å². The maximum atomic E-state index is 14.7. The van der Waals surface area contributed by atoms with Crippen LogP contribution in [-0.2, 0) is 36.4 Å². The van der Waals surface area contributed by atoms with Gasteiger partial charge in [0.05, 0.1) is 18.1 Å². The highest BCUT2D eigenvalue weighted by molar-refractivity contribution is 7.96. The van der Waals surface area contributed by atoms with Crippen LogP contribution >= 0.6 is 19.8 Å².